The Bertz CT molecular complexity index is 1690. The maximum absolute atomic E-state index is 10.2. The van der Waals surface area contributed by atoms with Gasteiger partial charge in [0.1, 0.15) is 0 Å². The zero-order valence-corrected chi connectivity index (χ0v) is 28.1. The Morgan fingerprint density at radius 1 is 0.319 bits per heavy atom. The van der Waals surface area contributed by atoms with Gasteiger partial charge in [-0.05, 0) is 53.6 Å². The first-order valence-electron chi connectivity index (χ1n) is 16.0. The van der Waals surface area contributed by atoms with Crippen molar-refractivity contribution < 1.29 is 9.68 Å². The van der Waals surface area contributed by atoms with Crippen molar-refractivity contribution in [3.63, 3.8) is 0 Å². The molecule has 1 N–H and O–H groups in total. The summed E-state index contributed by atoms with van der Waals surface area (Å²) < 4.78 is 6.09. The third-order valence-electron chi connectivity index (χ3n) is 9.24. The first-order valence-corrected chi connectivity index (χ1v) is 20.0. The minimum atomic E-state index is -2.91. The van der Waals surface area contributed by atoms with Gasteiger partial charge in [-0.15, -0.1) is 0 Å². The highest BCUT2D eigenvalue weighted by Gasteiger charge is 2.45. The molecule has 226 valence electrons. The van der Waals surface area contributed by atoms with Crippen LogP contribution in [0.4, 0.5) is 0 Å². The monoisotopic (exact) mass is 638 g/mol. The van der Waals surface area contributed by atoms with Crippen LogP contribution < -0.4 is 46.1 Å². The molecule has 7 aromatic rings. The number of hydrogen-bond acceptors (Lipinski definition) is 2. The lowest BCUT2D eigenvalue weighted by molar-refractivity contribution is 0.454. The second kappa shape index (κ2) is 13.7. The molecule has 0 aromatic heterocycles. The van der Waals surface area contributed by atoms with Crippen LogP contribution >= 0.6 is 0 Å². The van der Waals surface area contributed by atoms with Gasteiger partial charge in [0.2, 0.25) is 0 Å². The Labute approximate surface area is 280 Å². The maximum atomic E-state index is 10.2. The Hall–Kier alpha value is -5.20. The average molecular weight is 639 g/mol. The van der Waals surface area contributed by atoms with Gasteiger partial charge in [0.25, 0.3) is 0 Å². The van der Waals surface area contributed by atoms with E-state index in [1.807, 2.05) is 0 Å². The first-order chi connectivity index (χ1) is 23.3. The SMILES string of the molecule is OBOc1cc([Si](c2ccccc2)(c2ccccc2)c2ccccc2)cc([Si](c2ccccc2)(c2ccccc2)c2ccccc2)c1. The summed E-state index contributed by atoms with van der Waals surface area (Å²) in [7, 11) is -6.23. The maximum Gasteiger partial charge on any atom is 0.504 e. The van der Waals surface area contributed by atoms with Crippen LogP contribution in [0.15, 0.2) is 200 Å². The molecule has 0 atom stereocenters. The molecule has 5 heteroatoms. The molecule has 0 spiro atoms. The molecule has 7 rings (SSSR count). The molecule has 0 bridgehead atoms. The van der Waals surface area contributed by atoms with Crippen molar-refractivity contribution in [2.45, 2.75) is 0 Å². The highest BCUT2D eigenvalue weighted by molar-refractivity contribution is 7.22. The van der Waals surface area contributed by atoms with Crippen LogP contribution in [0.25, 0.3) is 0 Å². The van der Waals surface area contributed by atoms with Crippen molar-refractivity contribution >= 4 is 65.3 Å². The standard InChI is InChI=1S/C42H35BO2Si2/c44-43-45-34-31-41(46(35-19-7-1-8-20-35,36-21-9-2-10-22-36)37-23-11-3-12-24-37)33-42(32-34)47(38-25-13-4-14-26-38,39-27-15-5-16-28-39)40-29-17-6-18-30-40/h1-33,43-44H. The second-order valence-electron chi connectivity index (χ2n) is 11.7. The predicted molar refractivity (Wildman–Crippen MR) is 204 cm³/mol. The molecule has 0 radical (unpaired) electrons. The number of hydrogen-bond donors (Lipinski definition) is 1. The molecule has 7 aromatic carbocycles. The van der Waals surface area contributed by atoms with E-state index in [4.69, 9.17) is 4.65 Å². The number of rotatable bonds is 10. The van der Waals surface area contributed by atoms with E-state index in [1.165, 1.54) is 41.5 Å². The summed E-state index contributed by atoms with van der Waals surface area (Å²) in [6, 6.07) is 72.5. The molecule has 0 saturated carbocycles. The van der Waals surface area contributed by atoms with Crippen LogP contribution in [0.2, 0.25) is 0 Å². The van der Waals surface area contributed by atoms with Gasteiger partial charge >= 0.3 is 7.69 Å². The van der Waals surface area contributed by atoms with Crippen molar-refractivity contribution in [2.75, 3.05) is 0 Å². The summed E-state index contributed by atoms with van der Waals surface area (Å²) in [5.41, 5.74) is 0. The van der Waals surface area contributed by atoms with E-state index in [-0.39, 0.29) is 0 Å². The molecule has 0 aliphatic heterocycles. The molecule has 0 fully saturated rings. The van der Waals surface area contributed by atoms with Crippen LogP contribution in [-0.2, 0) is 0 Å². The summed E-state index contributed by atoms with van der Waals surface area (Å²) >= 11 is 0. The lowest BCUT2D eigenvalue weighted by Crippen LogP contribution is -2.78. The second-order valence-corrected chi connectivity index (χ2v) is 19.3. The molecule has 0 saturated heterocycles. The third-order valence-corrected chi connectivity index (χ3v) is 18.8. The molecule has 0 unspecified atom stereocenters. The van der Waals surface area contributed by atoms with E-state index in [9.17, 15) is 5.02 Å². The Morgan fingerprint density at radius 2 is 0.553 bits per heavy atom. The molecular weight excluding hydrogens is 603 g/mol. The van der Waals surface area contributed by atoms with Gasteiger partial charge in [0.15, 0.2) is 16.1 Å². The van der Waals surface area contributed by atoms with E-state index in [2.05, 4.69) is 200 Å². The zero-order valence-electron chi connectivity index (χ0n) is 26.1. The van der Waals surface area contributed by atoms with Gasteiger partial charge in [-0.2, -0.15) is 0 Å². The van der Waals surface area contributed by atoms with E-state index in [0.29, 0.717) is 5.75 Å². The summed E-state index contributed by atoms with van der Waals surface area (Å²) in [6.45, 7) is 0. The quantitative estimate of drug-likeness (QED) is 0.185. The summed E-state index contributed by atoms with van der Waals surface area (Å²) in [5, 5.41) is 20.4. The van der Waals surface area contributed by atoms with Gasteiger partial charge < -0.3 is 9.68 Å². The van der Waals surface area contributed by atoms with E-state index >= 15 is 0 Å². The van der Waals surface area contributed by atoms with Gasteiger partial charge in [0, 0.05) is 0 Å². The molecule has 0 amide bonds. The van der Waals surface area contributed by atoms with Gasteiger partial charge in [0.05, 0.1) is 5.75 Å². The van der Waals surface area contributed by atoms with Crippen LogP contribution in [0.5, 0.6) is 5.75 Å². The van der Waals surface area contributed by atoms with E-state index in [1.54, 1.807) is 0 Å². The van der Waals surface area contributed by atoms with Gasteiger partial charge in [-0.3, -0.25) is 0 Å². The van der Waals surface area contributed by atoms with E-state index < -0.39 is 23.8 Å². The predicted octanol–water partition coefficient (Wildman–Crippen LogP) is 3.08. The smallest absolute Gasteiger partial charge is 0.504 e. The van der Waals surface area contributed by atoms with Gasteiger partial charge in [-0.1, -0.05) is 188 Å². The van der Waals surface area contributed by atoms with Crippen molar-refractivity contribution in [3.8, 4) is 5.75 Å². The van der Waals surface area contributed by atoms with Crippen molar-refractivity contribution in [1.29, 1.82) is 0 Å². The summed E-state index contributed by atoms with van der Waals surface area (Å²) in [5.74, 6) is 0.666. The first kappa shape index (κ1) is 30.5. The molecule has 0 aliphatic carbocycles. The molecular formula is C42H35BO2Si2. The fourth-order valence-electron chi connectivity index (χ4n) is 7.32. The third kappa shape index (κ3) is 5.49. The highest BCUT2D eigenvalue weighted by atomic mass is 28.3. The summed E-state index contributed by atoms with van der Waals surface area (Å²) in [4.78, 5) is 0. The van der Waals surface area contributed by atoms with Crippen LogP contribution in [0.3, 0.4) is 0 Å². The van der Waals surface area contributed by atoms with Crippen LogP contribution in [-0.4, -0.2) is 28.9 Å². The molecule has 47 heavy (non-hydrogen) atoms. The topological polar surface area (TPSA) is 29.5 Å². The lowest BCUT2D eigenvalue weighted by Gasteiger charge is -2.38. The Morgan fingerprint density at radius 3 is 0.766 bits per heavy atom. The molecule has 0 aliphatic rings. The Kier molecular flexibility index (Phi) is 8.85. The number of benzene rings is 7. The largest absolute Gasteiger partial charge is 0.539 e. The van der Waals surface area contributed by atoms with E-state index in [0.717, 1.165) is 0 Å². The lowest BCUT2D eigenvalue weighted by atomic mass is 10.3. The fourth-order valence-corrected chi connectivity index (χ4v) is 17.1. The Balaban J connectivity index is 1.66. The van der Waals surface area contributed by atoms with Crippen LogP contribution in [0, 0.1) is 0 Å². The molecule has 0 heterocycles. The average Bonchev–Trinajstić information content (AvgIpc) is 3.15. The summed E-state index contributed by atoms with van der Waals surface area (Å²) in [6.07, 6.45) is 0. The fraction of sp³-hybridized carbons (Fsp3) is 0. The normalized spacial score (nSPS) is 11.5. The zero-order chi connectivity index (χ0) is 31.9. The van der Waals surface area contributed by atoms with Gasteiger partial charge in [-0.25, -0.2) is 0 Å². The van der Waals surface area contributed by atoms with Crippen molar-refractivity contribution in [2.24, 2.45) is 0 Å². The minimum absolute atomic E-state index is 0.407. The van der Waals surface area contributed by atoms with Crippen molar-refractivity contribution in [3.05, 3.63) is 200 Å². The highest BCUT2D eigenvalue weighted by Crippen LogP contribution is 2.17. The van der Waals surface area contributed by atoms with Crippen molar-refractivity contribution in [1.82, 2.24) is 0 Å². The molecule has 2 nitrogen and oxygen atoms in total. The van der Waals surface area contributed by atoms with Crippen LogP contribution in [0.1, 0.15) is 0 Å². The minimum Gasteiger partial charge on any atom is -0.539 e.